The van der Waals surface area contributed by atoms with E-state index in [1.54, 1.807) is 24.3 Å². The average molecular weight is 395 g/mol. The minimum Gasteiger partial charge on any atom is -0.381 e. The summed E-state index contributed by atoms with van der Waals surface area (Å²) in [5.74, 6) is -0.0873. The summed E-state index contributed by atoms with van der Waals surface area (Å²) in [5.41, 5.74) is 7.42. The largest absolute Gasteiger partial charge is 0.381 e. The number of hydrogen-bond acceptors (Lipinski definition) is 5. The van der Waals surface area contributed by atoms with Crippen molar-refractivity contribution in [2.75, 3.05) is 18.5 Å². The fraction of sp³-hybridized carbons (Fsp3) is 0.650. The fourth-order valence-electron chi connectivity index (χ4n) is 4.03. The highest BCUT2D eigenvalue weighted by Gasteiger charge is 2.28. The Bertz CT molecular complexity index is 738. The summed E-state index contributed by atoms with van der Waals surface area (Å²) < 4.78 is 30.7. The van der Waals surface area contributed by atoms with Gasteiger partial charge in [-0.15, -0.1) is 0 Å². The van der Waals surface area contributed by atoms with Gasteiger partial charge in [0.2, 0.25) is 5.91 Å². The second-order valence-electron chi connectivity index (χ2n) is 7.73. The van der Waals surface area contributed by atoms with Crippen LogP contribution in [-0.4, -0.2) is 38.8 Å². The Morgan fingerprint density at radius 2 is 1.85 bits per heavy atom. The maximum Gasteiger partial charge on any atom is 0.241 e. The van der Waals surface area contributed by atoms with Crippen LogP contribution in [0.3, 0.4) is 0 Å². The number of sulfone groups is 1. The minimum absolute atomic E-state index is 0.0212. The van der Waals surface area contributed by atoms with Gasteiger partial charge >= 0.3 is 0 Å². The highest BCUT2D eigenvalue weighted by Crippen LogP contribution is 2.27. The second-order valence-corrected chi connectivity index (χ2v) is 10.0. The number of carbonyl (C=O) groups is 1. The molecule has 7 heteroatoms. The number of nitrogens with one attached hydrogen (secondary N) is 1. The van der Waals surface area contributed by atoms with Crippen molar-refractivity contribution in [1.82, 2.24) is 0 Å². The van der Waals surface area contributed by atoms with Gasteiger partial charge in [0.05, 0.1) is 17.0 Å². The quantitative estimate of drug-likeness (QED) is 0.773. The van der Waals surface area contributed by atoms with E-state index in [2.05, 4.69) is 5.32 Å². The molecule has 1 aliphatic heterocycles. The van der Waals surface area contributed by atoms with Gasteiger partial charge in [0, 0.05) is 18.9 Å². The van der Waals surface area contributed by atoms with Crippen LogP contribution in [0.15, 0.2) is 24.3 Å². The van der Waals surface area contributed by atoms with Crippen LogP contribution in [0.1, 0.15) is 50.5 Å². The number of anilines is 1. The highest BCUT2D eigenvalue weighted by atomic mass is 32.2. The van der Waals surface area contributed by atoms with Crippen molar-refractivity contribution in [3.63, 3.8) is 0 Å². The molecule has 1 saturated heterocycles. The molecule has 0 aromatic heterocycles. The van der Waals surface area contributed by atoms with Crippen LogP contribution in [0.2, 0.25) is 0 Å². The molecule has 1 aromatic carbocycles. The number of nitrogens with two attached hydrogens (primary N) is 1. The van der Waals surface area contributed by atoms with Crippen LogP contribution >= 0.6 is 0 Å². The number of carbonyl (C=O) groups excluding carboxylic acids is 1. The van der Waals surface area contributed by atoms with E-state index in [-0.39, 0.29) is 22.8 Å². The Hall–Kier alpha value is -1.44. The Labute approximate surface area is 161 Å². The molecule has 150 valence electrons. The van der Waals surface area contributed by atoms with E-state index in [1.807, 2.05) is 0 Å². The molecule has 1 atom stereocenters. The number of ether oxygens (including phenoxy) is 1. The van der Waals surface area contributed by atoms with Gasteiger partial charge in [-0.05, 0) is 49.3 Å². The van der Waals surface area contributed by atoms with Crippen LogP contribution in [0.5, 0.6) is 0 Å². The van der Waals surface area contributed by atoms with E-state index >= 15 is 0 Å². The van der Waals surface area contributed by atoms with Crippen LogP contribution in [0.25, 0.3) is 0 Å². The zero-order valence-corrected chi connectivity index (χ0v) is 16.5. The molecular formula is C20H30N2O4S. The molecular weight excluding hydrogens is 364 g/mol. The lowest BCUT2D eigenvalue weighted by molar-refractivity contribution is -0.119. The Balaban J connectivity index is 1.62. The van der Waals surface area contributed by atoms with Crippen molar-refractivity contribution < 1.29 is 17.9 Å². The first-order chi connectivity index (χ1) is 13.0. The molecule has 1 heterocycles. The smallest absolute Gasteiger partial charge is 0.241 e. The number of amides is 1. The maximum atomic E-state index is 12.7. The van der Waals surface area contributed by atoms with Crippen LogP contribution < -0.4 is 11.1 Å². The summed E-state index contributed by atoms with van der Waals surface area (Å²) in [6.07, 6.45) is 6.20. The molecule has 1 unspecified atom stereocenters. The molecule has 3 N–H and O–H groups in total. The van der Waals surface area contributed by atoms with Gasteiger partial charge in [-0.25, -0.2) is 8.42 Å². The van der Waals surface area contributed by atoms with Crippen molar-refractivity contribution in [3.05, 3.63) is 29.8 Å². The van der Waals surface area contributed by atoms with Gasteiger partial charge < -0.3 is 15.8 Å². The van der Waals surface area contributed by atoms with Gasteiger partial charge in [0.15, 0.2) is 9.84 Å². The third kappa shape index (κ3) is 5.53. The lowest BCUT2D eigenvalue weighted by Crippen LogP contribution is -2.44. The molecule has 2 fully saturated rings. The normalized spacial score (nSPS) is 20.9. The molecule has 1 saturated carbocycles. The first-order valence-electron chi connectivity index (χ1n) is 9.90. The molecule has 3 rings (SSSR count). The molecule has 0 spiro atoms. The lowest BCUT2D eigenvalue weighted by Gasteiger charge is -2.26. The van der Waals surface area contributed by atoms with Crippen LogP contribution in [0, 0.1) is 5.92 Å². The summed E-state index contributed by atoms with van der Waals surface area (Å²) in [4.78, 5) is 12.5. The molecule has 27 heavy (non-hydrogen) atoms. The first-order valence-corrected chi connectivity index (χ1v) is 11.6. The maximum absolute atomic E-state index is 12.7. The monoisotopic (exact) mass is 394 g/mol. The minimum atomic E-state index is -3.17. The van der Waals surface area contributed by atoms with Crippen molar-refractivity contribution in [3.8, 4) is 0 Å². The average Bonchev–Trinajstić information content (AvgIpc) is 2.68. The van der Waals surface area contributed by atoms with E-state index in [0.717, 1.165) is 44.9 Å². The summed E-state index contributed by atoms with van der Waals surface area (Å²) in [6.45, 7) is 1.28. The zero-order valence-electron chi connectivity index (χ0n) is 15.7. The molecule has 1 amide bonds. The molecule has 0 bridgehead atoms. The van der Waals surface area contributed by atoms with E-state index in [0.29, 0.717) is 24.5 Å². The van der Waals surface area contributed by atoms with Gasteiger partial charge in [-0.1, -0.05) is 31.4 Å². The summed E-state index contributed by atoms with van der Waals surface area (Å²) >= 11 is 0. The summed E-state index contributed by atoms with van der Waals surface area (Å²) in [5, 5.41) is 2.61. The molecule has 0 radical (unpaired) electrons. The van der Waals surface area contributed by atoms with E-state index in [9.17, 15) is 13.2 Å². The van der Waals surface area contributed by atoms with Gasteiger partial charge in [0.1, 0.15) is 0 Å². The Morgan fingerprint density at radius 3 is 2.56 bits per heavy atom. The molecule has 1 aromatic rings. The van der Waals surface area contributed by atoms with Crippen molar-refractivity contribution >= 4 is 21.4 Å². The first kappa shape index (κ1) is 20.3. The third-order valence-corrected chi connectivity index (χ3v) is 7.92. The van der Waals surface area contributed by atoms with Crippen LogP contribution in [0.4, 0.5) is 5.69 Å². The molecule has 6 nitrogen and oxygen atoms in total. The van der Waals surface area contributed by atoms with Gasteiger partial charge in [-0.2, -0.15) is 0 Å². The van der Waals surface area contributed by atoms with Crippen molar-refractivity contribution in [2.45, 2.75) is 62.0 Å². The zero-order chi connectivity index (χ0) is 19.3. The summed E-state index contributed by atoms with van der Waals surface area (Å²) in [7, 11) is -3.17. The van der Waals surface area contributed by atoms with Gasteiger partial charge in [-0.3, -0.25) is 4.79 Å². The van der Waals surface area contributed by atoms with E-state index < -0.39 is 15.9 Å². The lowest BCUT2D eigenvalue weighted by atomic mass is 9.92. The third-order valence-electron chi connectivity index (χ3n) is 5.70. The highest BCUT2D eigenvalue weighted by molar-refractivity contribution is 7.91. The van der Waals surface area contributed by atoms with E-state index in [4.69, 9.17) is 10.5 Å². The number of rotatable bonds is 6. The molecule has 2 aliphatic rings. The SMILES string of the molecule is NC(C(=O)Nc1cccc(CS(=O)(=O)C2CCCCC2)c1)C1CCOCC1. The van der Waals surface area contributed by atoms with Crippen LogP contribution in [-0.2, 0) is 25.1 Å². The molecule has 1 aliphatic carbocycles. The van der Waals surface area contributed by atoms with Crippen molar-refractivity contribution in [2.24, 2.45) is 11.7 Å². The predicted molar refractivity (Wildman–Crippen MR) is 106 cm³/mol. The topological polar surface area (TPSA) is 98.5 Å². The number of hydrogen-bond donors (Lipinski definition) is 2. The number of benzene rings is 1. The second kappa shape index (κ2) is 9.17. The van der Waals surface area contributed by atoms with Crippen molar-refractivity contribution in [1.29, 1.82) is 0 Å². The predicted octanol–water partition coefficient (Wildman–Crippen LogP) is 2.63. The van der Waals surface area contributed by atoms with E-state index in [1.165, 1.54) is 0 Å². The fourth-order valence-corrected chi connectivity index (χ4v) is 5.96. The standard InChI is InChI=1S/C20H30N2O4S/c21-19(16-9-11-26-12-10-16)20(23)22-17-6-4-5-15(13-17)14-27(24,25)18-7-2-1-3-8-18/h4-6,13,16,18-19H,1-3,7-12,14,21H2,(H,22,23). The Kier molecular flexibility index (Phi) is 6.89. The summed E-state index contributed by atoms with van der Waals surface area (Å²) in [6, 6.07) is 6.51. The van der Waals surface area contributed by atoms with Gasteiger partial charge in [0.25, 0.3) is 0 Å². The Morgan fingerprint density at radius 1 is 1.15 bits per heavy atom.